The van der Waals surface area contributed by atoms with Crippen LogP contribution in [0.2, 0.25) is 0 Å². The Morgan fingerprint density at radius 3 is 2.47 bits per heavy atom. The first-order valence-electron chi connectivity index (χ1n) is 11.0. The lowest BCUT2D eigenvalue weighted by molar-refractivity contribution is -0.152. The second kappa shape index (κ2) is 11.5. The van der Waals surface area contributed by atoms with Gasteiger partial charge in [0.2, 0.25) is 0 Å². The summed E-state index contributed by atoms with van der Waals surface area (Å²) in [6.07, 6.45) is 3.58. The third-order valence-corrected chi connectivity index (χ3v) is 5.89. The van der Waals surface area contributed by atoms with Crippen molar-refractivity contribution >= 4 is 23.9 Å². The van der Waals surface area contributed by atoms with Crippen molar-refractivity contribution < 1.29 is 23.9 Å². The minimum atomic E-state index is -0.822. The maximum absolute atomic E-state index is 12.4. The lowest BCUT2D eigenvalue weighted by atomic mass is 9.97. The van der Waals surface area contributed by atoms with Crippen LogP contribution in [0.25, 0.3) is 6.08 Å². The summed E-state index contributed by atoms with van der Waals surface area (Å²) in [6.45, 7) is 9.53. The van der Waals surface area contributed by atoms with Gasteiger partial charge in [-0.2, -0.15) is 5.26 Å². The van der Waals surface area contributed by atoms with Crippen molar-refractivity contribution in [1.29, 1.82) is 5.26 Å². The van der Waals surface area contributed by atoms with Gasteiger partial charge in [-0.1, -0.05) is 13.8 Å². The van der Waals surface area contributed by atoms with Gasteiger partial charge in [0, 0.05) is 31.0 Å². The van der Waals surface area contributed by atoms with Crippen molar-refractivity contribution in [3.05, 3.63) is 28.6 Å². The standard InChI is InChI=1S/C24H33N3O5/c1-16(2)6-11-27-17(3)12-20(18(27)4)13-21(14-25)24(30)32-15-22(28)26-9-7-19(8-10-26)23(29)31-5/h12-13,16,19H,6-11,15H2,1-5H3/b21-13+. The zero-order valence-corrected chi connectivity index (χ0v) is 19.6. The van der Waals surface area contributed by atoms with E-state index in [0.29, 0.717) is 31.8 Å². The second-order valence-corrected chi connectivity index (χ2v) is 8.58. The van der Waals surface area contributed by atoms with E-state index in [1.54, 1.807) is 4.90 Å². The number of rotatable bonds is 8. The highest BCUT2D eigenvalue weighted by Crippen LogP contribution is 2.21. The molecule has 1 amide bonds. The van der Waals surface area contributed by atoms with E-state index in [2.05, 4.69) is 18.4 Å². The summed E-state index contributed by atoms with van der Waals surface area (Å²) in [5, 5.41) is 9.45. The number of aromatic nitrogens is 1. The first-order chi connectivity index (χ1) is 15.2. The number of piperidine rings is 1. The SMILES string of the molecule is COC(=O)C1CCN(C(=O)COC(=O)/C(C#N)=C/c2cc(C)n(CCC(C)C)c2C)CC1. The number of carbonyl (C=O) groups is 3. The Morgan fingerprint density at radius 1 is 1.25 bits per heavy atom. The lowest BCUT2D eigenvalue weighted by Gasteiger charge is -2.30. The van der Waals surface area contributed by atoms with Crippen molar-refractivity contribution in [2.24, 2.45) is 11.8 Å². The van der Waals surface area contributed by atoms with Gasteiger partial charge < -0.3 is 18.9 Å². The van der Waals surface area contributed by atoms with Crippen molar-refractivity contribution in [2.75, 3.05) is 26.8 Å². The first-order valence-corrected chi connectivity index (χ1v) is 11.0. The predicted octanol–water partition coefficient (Wildman–Crippen LogP) is 3.01. The van der Waals surface area contributed by atoms with Crippen LogP contribution in [0.3, 0.4) is 0 Å². The molecule has 0 radical (unpaired) electrons. The highest BCUT2D eigenvalue weighted by atomic mass is 16.5. The number of hydrogen-bond acceptors (Lipinski definition) is 6. The average Bonchev–Trinajstić information content (AvgIpc) is 3.05. The molecule has 1 aromatic heterocycles. The minimum Gasteiger partial charge on any atom is -0.469 e. The summed E-state index contributed by atoms with van der Waals surface area (Å²) in [5.41, 5.74) is 2.68. The summed E-state index contributed by atoms with van der Waals surface area (Å²) in [5.74, 6) is -1.07. The number of ether oxygens (including phenoxy) is 2. The van der Waals surface area contributed by atoms with Crippen LogP contribution in [0.4, 0.5) is 0 Å². The van der Waals surface area contributed by atoms with E-state index in [4.69, 9.17) is 9.47 Å². The zero-order chi connectivity index (χ0) is 23.8. The van der Waals surface area contributed by atoms with Crippen LogP contribution in [-0.2, 0) is 30.4 Å². The first kappa shape index (κ1) is 25.2. The van der Waals surface area contributed by atoms with Crippen LogP contribution >= 0.6 is 0 Å². The topological polar surface area (TPSA) is 102 Å². The molecule has 0 atom stereocenters. The molecule has 1 aliphatic rings. The normalized spacial score (nSPS) is 14.9. The quantitative estimate of drug-likeness (QED) is 0.348. The fraction of sp³-hybridized carbons (Fsp3) is 0.583. The summed E-state index contributed by atoms with van der Waals surface area (Å²) in [7, 11) is 1.35. The summed E-state index contributed by atoms with van der Waals surface area (Å²) < 4.78 is 12.0. The molecule has 0 unspecified atom stereocenters. The van der Waals surface area contributed by atoms with Gasteiger partial charge in [0.15, 0.2) is 6.61 Å². The van der Waals surface area contributed by atoms with Crippen molar-refractivity contribution in [3.8, 4) is 6.07 Å². The molecule has 0 spiro atoms. The van der Waals surface area contributed by atoms with E-state index in [1.165, 1.54) is 13.2 Å². The number of nitrogens with zero attached hydrogens (tertiary/aromatic N) is 3. The number of likely N-dealkylation sites (tertiary alicyclic amines) is 1. The Morgan fingerprint density at radius 2 is 1.91 bits per heavy atom. The molecule has 0 saturated carbocycles. The van der Waals surface area contributed by atoms with Crippen LogP contribution in [0, 0.1) is 37.0 Å². The summed E-state index contributed by atoms with van der Waals surface area (Å²) >= 11 is 0. The van der Waals surface area contributed by atoms with Crippen molar-refractivity contribution in [3.63, 3.8) is 0 Å². The Bertz CT molecular complexity index is 915. The van der Waals surface area contributed by atoms with E-state index < -0.39 is 12.6 Å². The number of aryl methyl sites for hydroxylation is 1. The van der Waals surface area contributed by atoms with Crippen molar-refractivity contribution in [1.82, 2.24) is 9.47 Å². The Balaban J connectivity index is 1.97. The van der Waals surface area contributed by atoms with E-state index in [0.717, 1.165) is 29.9 Å². The van der Waals surface area contributed by atoms with Crippen LogP contribution in [0.1, 0.15) is 50.1 Å². The molecular formula is C24H33N3O5. The van der Waals surface area contributed by atoms with Gasteiger partial charge in [-0.15, -0.1) is 0 Å². The molecule has 8 nitrogen and oxygen atoms in total. The Labute approximate surface area is 189 Å². The predicted molar refractivity (Wildman–Crippen MR) is 119 cm³/mol. The summed E-state index contributed by atoms with van der Waals surface area (Å²) in [4.78, 5) is 37.9. The van der Waals surface area contributed by atoms with Crippen LogP contribution < -0.4 is 0 Å². The van der Waals surface area contributed by atoms with Gasteiger partial charge >= 0.3 is 11.9 Å². The smallest absolute Gasteiger partial charge is 0.349 e. The molecule has 0 aliphatic carbocycles. The molecule has 1 aromatic rings. The van der Waals surface area contributed by atoms with Gasteiger partial charge in [0.25, 0.3) is 5.91 Å². The fourth-order valence-electron chi connectivity index (χ4n) is 3.83. The second-order valence-electron chi connectivity index (χ2n) is 8.58. The molecule has 2 rings (SSSR count). The maximum Gasteiger partial charge on any atom is 0.349 e. The Kier molecular flexibility index (Phi) is 9.06. The molecule has 32 heavy (non-hydrogen) atoms. The molecule has 8 heteroatoms. The maximum atomic E-state index is 12.4. The Hall–Kier alpha value is -3.08. The minimum absolute atomic E-state index is 0.147. The lowest BCUT2D eigenvalue weighted by Crippen LogP contribution is -2.42. The van der Waals surface area contributed by atoms with Crippen LogP contribution in [-0.4, -0.2) is 54.1 Å². The van der Waals surface area contributed by atoms with Crippen LogP contribution in [0.5, 0.6) is 0 Å². The number of methoxy groups -OCH3 is 1. The molecular weight excluding hydrogens is 410 g/mol. The van der Waals surface area contributed by atoms with E-state index in [9.17, 15) is 19.6 Å². The van der Waals surface area contributed by atoms with Gasteiger partial charge in [-0.3, -0.25) is 9.59 Å². The largest absolute Gasteiger partial charge is 0.469 e. The summed E-state index contributed by atoms with van der Waals surface area (Å²) in [6, 6.07) is 3.83. The van der Waals surface area contributed by atoms with Gasteiger partial charge in [-0.25, -0.2) is 4.79 Å². The number of esters is 2. The molecule has 2 heterocycles. The monoisotopic (exact) mass is 443 g/mol. The molecule has 174 valence electrons. The van der Waals surface area contributed by atoms with Gasteiger partial charge in [-0.05, 0) is 56.7 Å². The van der Waals surface area contributed by atoms with E-state index in [1.807, 2.05) is 26.0 Å². The third kappa shape index (κ3) is 6.46. The fourth-order valence-corrected chi connectivity index (χ4v) is 3.83. The number of carbonyl (C=O) groups excluding carboxylic acids is 3. The number of amides is 1. The van der Waals surface area contributed by atoms with Gasteiger partial charge in [0.1, 0.15) is 11.6 Å². The van der Waals surface area contributed by atoms with E-state index >= 15 is 0 Å². The average molecular weight is 444 g/mol. The molecule has 1 aliphatic heterocycles. The third-order valence-electron chi connectivity index (χ3n) is 5.89. The number of nitriles is 1. The van der Waals surface area contributed by atoms with Crippen LogP contribution in [0.15, 0.2) is 11.6 Å². The molecule has 0 aromatic carbocycles. The highest BCUT2D eigenvalue weighted by Gasteiger charge is 2.28. The highest BCUT2D eigenvalue weighted by molar-refractivity contribution is 5.99. The van der Waals surface area contributed by atoms with Gasteiger partial charge in [0.05, 0.1) is 13.0 Å². The molecule has 1 saturated heterocycles. The molecule has 0 bridgehead atoms. The van der Waals surface area contributed by atoms with Crippen molar-refractivity contribution in [2.45, 2.75) is 53.5 Å². The molecule has 1 fully saturated rings. The number of hydrogen-bond donors (Lipinski definition) is 0. The van der Waals surface area contributed by atoms with E-state index in [-0.39, 0.29) is 23.4 Å². The zero-order valence-electron chi connectivity index (χ0n) is 19.6. The molecule has 0 N–H and O–H groups in total.